The summed E-state index contributed by atoms with van der Waals surface area (Å²) >= 11 is 3.27. The van der Waals surface area contributed by atoms with Gasteiger partial charge in [0.1, 0.15) is 0 Å². The molecule has 2 rings (SSSR count). The first-order chi connectivity index (χ1) is 8.09. The third-order valence-electron chi connectivity index (χ3n) is 2.11. The average molecular weight is 311 g/mol. The number of halogens is 1. The molecule has 1 radical (unpaired) electrons. The number of rotatable bonds is 3. The Labute approximate surface area is 109 Å². The van der Waals surface area contributed by atoms with Gasteiger partial charge in [0.15, 0.2) is 0 Å². The Morgan fingerprint density at radius 2 is 1.82 bits per heavy atom. The third kappa shape index (κ3) is 2.87. The van der Waals surface area contributed by atoms with Gasteiger partial charge in [0.05, 0.1) is 10.6 Å². The fraction of sp³-hybridized carbons (Fsp3) is 0. The highest BCUT2D eigenvalue weighted by Crippen LogP contribution is 2.23. The largest absolute Gasteiger partial charge is 0.278 e. The molecule has 1 N–H and O–H groups in total. The first-order valence-corrected chi connectivity index (χ1v) is 7.11. The maximum atomic E-state index is 12.0. The molecule has 0 aliphatic rings. The first-order valence-electron chi connectivity index (χ1n) is 4.83. The van der Waals surface area contributed by atoms with E-state index in [0.717, 1.165) is 0 Å². The molecule has 0 fully saturated rings. The zero-order valence-corrected chi connectivity index (χ0v) is 11.1. The van der Waals surface area contributed by atoms with E-state index in [-0.39, 0.29) is 4.90 Å². The summed E-state index contributed by atoms with van der Waals surface area (Å²) in [5.74, 6) is 0. The Bertz CT molecular complexity index is 611. The van der Waals surface area contributed by atoms with Gasteiger partial charge in [-0.05, 0) is 46.3 Å². The smallest absolute Gasteiger partial charge is 0.261 e. The molecule has 2 aromatic rings. The molecule has 0 heterocycles. The minimum absolute atomic E-state index is 0.232. The van der Waals surface area contributed by atoms with Crippen LogP contribution in [-0.4, -0.2) is 8.42 Å². The second-order valence-electron chi connectivity index (χ2n) is 3.32. The van der Waals surface area contributed by atoms with Crippen molar-refractivity contribution in [3.8, 4) is 0 Å². The predicted molar refractivity (Wildman–Crippen MR) is 70.2 cm³/mol. The van der Waals surface area contributed by atoms with Crippen LogP contribution in [-0.2, 0) is 10.0 Å². The van der Waals surface area contributed by atoms with Crippen LogP contribution in [0.5, 0.6) is 0 Å². The quantitative estimate of drug-likeness (QED) is 0.947. The molecule has 0 aliphatic heterocycles. The van der Waals surface area contributed by atoms with Crippen molar-refractivity contribution in [2.75, 3.05) is 4.72 Å². The lowest BCUT2D eigenvalue weighted by atomic mass is 10.3. The van der Waals surface area contributed by atoms with Crippen molar-refractivity contribution in [2.45, 2.75) is 4.90 Å². The Balaban J connectivity index is 2.34. The van der Waals surface area contributed by atoms with Crippen LogP contribution in [0.1, 0.15) is 0 Å². The van der Waals surface area contributed by atoms with E-state index >= 15 is 0 Å². The van der Waals surface area contributed by atoms with Crippen molar-refractivity contribution in [1.82, 2.24) is 0 Å². The predicted octanol–water partition coefficient (Wildman–Crippen LogP) is 3.05. The molecule has 0 atom stereocenters. The standard InChI is InChI=1S/C12H9BrNO2S/c13-11-8-4-5-9-12(11)14-17(15,16)10-6-2-1-3-7-10/h1-4,6-9,14H. The van der Waals surface area contributed by atoms with E-state index in [9.17, 15) is 8.42 Å². The lowest BCUT2D eigenvalue weighted by molar-refractivity contribution is 0.601. The van der Waals surface area contributed by atoms with Crippen LogP contribution in [0.4, 0.5) is 5.69 Å². The lowest BCUT2D eigenvalue weighted by Crippen LogP contribution is -2.13. The Hall–Kier alpha value is -1.33. The molecule has 0 saturated heterocycles. The fourth-order valence-corrected chi connectivity index (χ4v) is 2.86. The highest BCUT2D eigenvalue weighted by Gasteiger charge is 2.14. The summed E-state index contributed by atoms with van der Waals surface area (Å²) < 4.78 is 27.2. The highest BCUT2D eigenvalue weighted by atomic mass is 79.9. The molecule has 5 heteroatoms. The van der Waals surface area contributed by atoms with Crippen molar-refractivity contribution < 1.29 is 8.42 Å². The Morgan fingerprint density at radius 3 is 2.47 bits per heavy atom. The summed E-state index contributed by atoms with van der Waals surface area (Å²) in [5.41, 5.74) is 0.469. The summed E-state index contributed by atoms with van der Waals surface area (Å²) in [5, 5.41) is 0. The third-order valence-corrected chi connectivity index (χ3v) is 4.18. The molecular formula is C12H9BrNO2S. The van der Waals surface area contributed by atoms with Gasteiger partial charge in [-0.2, -0.15) is 0 Å². The SMILES string of the molecule is O=S(=O)(Nc1c[c]ccc1Br)c1ccccc1. The van der Waals surface area contributed by atoms with Crippen LogP contribution >= 0.6 is 15.9 Å². The Morgan fingerprint density at radius 1 is 1.12 bits per heavy atom. The van der Waals surface area contributed by atoms with E-state index < -0.39 is 10.0 Å². The number of benzene rings is 2. The van der Waals surface area contributed by atoms with Crippen LogP contribution in [0.25, 0.3) is 0 Å². The summed E-state index contributed by atoms with van der Waals surface area (Å²) in [6, 6.07) is 16.0. The number of hydrogen-bond donors (Lipinski definition) is 1. The van der Waals surface area contributed by atoms with Gasteiger partial charge in [-0.15, -0.1) is 0 Å². The van der Waals surface area contributed by atoms with Gasteiger partial charge in [-0.25, -0.2) is 8.42 Å². The molecule has 2 aromatic carbocycles. The van der Waals surface area contributed by atoms with Gasteiger partial charge in [0.25, 0.3) is 10.0 Å². The van der Waals surface area contributed by atoms with Crippen molar-refractivity contribution in [3.63, 3.8) is 0 Å². The molecule has 87 valence electrons. The fourth-order valence-electron chi connectivity index (χ4n) is 1.29. The van der Waals surface area contributed by atoms with Crippen molar-refractivity contribution >= 4 is 31.6 Å². The van der Waals surface area contributed by atoms with Gasteiger partial charge >= 0.3 is 0 Å². The summed E-state index contributed by atoms with van der Waals surface area (Å²) in [6.45, 7) is 0. The van der Waals surface area contributed by atoms with Crippen LogP contribution in [0, 0.1) is 6.07 Å². The lowest BCUT2D eigenvalue weighted by Gasteiger charge is -2.09. The van der Waals surface area contributed by atoms with Crippen molar-refractivity contribution in [1.29, 1.82) is 0 Å². The molecular weight excluding hydrogens is 302 g/mol. The van der Waals surface area contributed by atoms with Gasteiger partial charge in [-0.1, -0.05) is 24.3 Å². The maximum Gasteiger partial charge on any atom is 0.261 e. The molecule has 17 heavy (non-hydrogen) atoms. The Kier molecular flexibility index (Phi) is 3.49. The van der Waals surface area contributed by atoms with Crippen LogP contribution in [0.15, 0.2) is 57.9 Å². The van der Waals surface area contributed by atoms with Crippen LogP contribution in [0.3, 0.4) is 0 Å². The zero-order chi connectivity index (χ0) is 12.3. The molecule has 0 amide bonds. The highest BCUT2D eigenvalue weighted by molar-refractivity contribution is 9.10. The van der Waals surface area contributed by atoms with Crippen molar-refractivity contribution in [3.05, 3.63) is 59.1 Å². The zero-order valence-electron chi connectivity index (χ0n) is 8.72. The molecule has 3 nitrogen and oxygen atoms in total. The van der Waals surface area contributed by atoms with Gasteiger partial charge in [-0.3, -0.25) is 4.72 Å². The molecule has 0 unspecified atom stereocenters. The normalized spacial score (nSPS) is 11.1. The number of anilines is 1. The molecule has 0 saturated carbocycles. The van der Waals surface area contributed by atoms with E-state index in [1.807, 2.05) is 0 Å². The van der Waals surface area contributed by atoms with E-state index in [1.54, 1.807) is 48.5 Å². The van der Waals surface area contributed by atoms with E-state index in [1.165, 1.54) is 0 Å². The monoisotopic (exact) mass is 310 g/mol. The van der Waals surface area contributed by atoms with E-state index in [2.05, 4.69) is 26.7 Å². The minimum Gasteiger partial charge on any atom is -0.278 e. The van der Waals surface area contributed by atoms with E-state index in [4.69, 9.17) is 0 Å². The minimum atomic E-state index is -3.54. The number of nitrogens with one attached hydrogen (secondary N) is 1. The summed E-state index contributed by atoms with van der Waals surface area (Å²) in [7, 11) is -3.54. The maximum absolute atomic E-state index is 12.0. The van der Waals surface area contributed by atoms with Gasteiger partial charge < -0.3 is 0 Å². The van der Waals surface area contributed by atoms with Crippen molar-refractivity contribution in [2.24, 2.45) is 0 Å². The van der Waals surface area contributed by atoms with E-state index in [0.29, 0.717) is 10.2 Å². The molecule has 0 spiro atoms. The topological polar surface area (TPSA) is 46.2 Å². The summed E-state index contributed by atoms with van der Waals surface area (Å²) in [4.78, 5) is 0.232. The van der Waals surface area contributed by atoms with Crippen LogP contribution < -0.4 is 4.72 Å². The van der Waals surface area contributed by atoms with Crippen LogP contribution in [0.2, 0.25) is 0 Å². The number of hydrogen-bond acceptors (Lipinski definition) is 2. The second-order valence-corrected chi connectivity index (χ2v) is 5.86. The molecule has 0 aromatic heterocycles. The average Bonchev–Trinajstić information content (AvgIpc) is 2.33. The van der Waals surface area contributed by atoms with Gasteiger partial charge in [0, 0.05) is 4.47 Å². The molecule has 0 bridgehead atoms. The van der Waals surface area contributed by atoms with Gasteiger partial charge in [0.2, 0.25) is 0 Å². The first kappa shape index (κ1) is 12.1. The number of sulfonamides is 1. The second kappa shape index (κ2) is 4.89. The summed E-state index contributed by atoms with van der Waals surface area (Å²) in [6.07, 6.45) is 0. The molecule has 0 aliphatic carbocycles.